The van der Waals surface area contributed by atoms with Gasteiger partial charge in [-0.3, -0.25) is 0 Å². The number of hydrogen-bond acceptors (Lipinski definition) is 4. The van der Waals surface area contributed by atoms with E-state index in [4.69, 9.17) is 9.72 Å². The van der Waals surface area contributed by atoms with Gasteiger partial charge in [0.05, 0.1) is 0 Å². The standard InChI is InChI=1S/C70H75N4O.CH3.Pt/c1-65(2,3)48-30-33-60-57(39-48)56-32-31-55(42-61(56)74(60)64-40-49(34-35-71-64)66(4,5)6)75-54-29-23-28-52(41-54)72-45-73(63-44-59(68(10,11)12)58(43-62(63)72)67(7,8)9)53-37-50(69(13,14)46-24-19-17-20-25-46)36-51(38-53)70(15,16)47-26-21-18-22-27-47;;/h17-40,43-45H,1-16H3;1H3;/q-3;-1;+4. The van der Waals surface area contributed by atoms with Crippen LogP contribution in [0.4, 0.5) is 22.7 Å². The molecule has 3 heterocycles. The van der Waals surface area contributed by atoms with Gasteiger partial charge in [-0.05, 0) is 114 Å². The van der Waals surface area contributed by atoms with Crippen LogP contribution in [0.25, 0.3) is 27.6 Å². The summed E-state index contributed by atoms with van der Waals surface area (Å²) >= 11 is 0. The number of rotatable bonds is 9. The van der Waals surface area contributed by atoms with Crippen LogP contribution in [0.3, 0.4) is 0 Å². The van der Waals surface area contributed by atoms with Crippen molar-refractivity contribution in [3.05, 3.63) is 229 Å². The molecule has 1 aliphatic heterocycles. The molecule has 1 aliphatic rings. The first-order valence-corrected chi connectivity index (χ1v) is 26.8. The van der Waals surface area contributed by atoms with E-state index in [2.05, 4.69) is 283 Å². The molecule has 398 valence electrons. The molecule has 9 aromatic rings. The van der Waals surface area contributed by atoms with Crippen LogP contribution < -0.4 is 14.5 Å². The second-order valence-corrected chi connectivity index (χ2v) is 26.0. The maximum atomic E-state index is 6.86. The molecule has 0 atom stereocenters. The van der Waals surface area contributed by atoms with Gasteiger partial charge in [-0.1, -0.05) is 195 Å². The molecule has 0 saturated carbocycles. The molecule has 2 aromatic heterocycles. The molecule has 0 spiro atoms. The van der Waals surface area contributed by atoms with Gasteiger partial charge in [0.1, 0.15) is 5.82 Å². The maximum Gasteiger partial charge on any atom is 4.00 e. The molecule has 6 heteroatoms. The number of benzene rings is 7. The molecule has 0 N–H and O–H groups in total. The van der Waals surface area contributed by atoms with Crippen LogP contribution in [0.1, 0.15) is 155 Å². The summed E-state index contributed by atoms with van der Waals surface area (Å²) < 4.78 is 9.10. The molecule has 10 rings (SSSR count). The molecule has 0 fully saturated rings. The summed E-state index contributed by atoms with van der Waals surface area (Å²) in [6.45, 7) is 39.2. The van der Waals surface area contributed by atoms with Gasteiger partial charge < -0.3 is 26.5 Å². The van der Waals surface area contributed by atoms with Gasteiger partial charge in [-0.25, -0.2) is 4.98 Å². The van der Waals surface area contributed by atoms with Gasteiger partial charge in [0, 0.05) is 51.1 Å². The fourth-order valence-corrected chi connectivity index (χ4v) is 10.8. The monoisotopic (exact) mass is 1200 g/mol. The van der Waals surface area contributed by atoms with E-state index in [1.165, 1.54) is 49.9 Å². The Labute approximate surface area is 476 Å². The van der Waals surface area contributed by atoms with E-state index in [-0.39, 0.29) is 61.0 Å². The van der Waals surface area contributed by atoms with E-state index < -0.39 is 0 Å². The molecular formula is C71H78N4OPt. The van der Waals surface area contributed by atoms with Gasteiger partial charge in [-0.15, -0.1) is 48.1 Å². The van der Waals surface area contributed by atoms with E-state index >= 15 is 0 Å². The quantitative estimate of drug-likeness (QED) is 0.135. The van der Waals surface area contributed by atoms with Crippen LogP contribution in [-0.2, 0) is 53.6 Å². The number of pyridine rings is 1. The number of nitrogens with zero attached hydrogens (tertiary/aromatic N) is 4. The number of aromatic nitrogens is 2. The Hall–Kier alpha value is -6.42. The van der Waals surface area contributed by atoms with Crippen LogP contribution in [0.5, 0.6) is 11.5 Å². The second-order valence-electron chi connectivity index (χ2n) is 26.0. The van der Waals surface area contributed by atoms with Crippen LogP contribution in [0.15, 0.2) is 158 Å². The summed E-state index contributed by atoms with van der Waals surface area (Å²) in [6.07, 6.45) is 1.92. The summed E-state index contributed by atoms with van der Waals surface area (Å²) in [5, 5.41) is 2.27. The van der Waals surface area contributed by atoms with E-state index in [0.717, 1.165) is 45.0 Å². The van der Waals surface area contributed by atoms with Gasteiger partial charge in [-0.2, -0.15) is 12.1 Å². The second kappa shape index (κ2) is 20.4. The molecule has 7 aromatic carbocycles. The average molecular weight is 1200 g/mol. The van der Waals surface area contributed by atoms with Crippen molar-refractivity contribution in [3.8, 4) is 17.3 Å². The first-order chi connectivity index (χ1) is 35.2. The Bertz CT molecular complexity index is 3530. The van der Waals surface area contributed by atoms with E-state index in [1.54, 1.807) is 0 Å². The molecule has 0 unspecified atom stereocenters. The maximum absolute atomic E-state index is 6.86. The Morgan fingerprint density at radius 1 is 0.442 bits per heavy atom. The average Bonchev–Trinajstić information content (AvgIpc) is 3.99. The van der Waals surface area contributed by atoms with Gasteiger partial charge in [0.15, 0.2) is 0 Å². The molecule has 0 radical (unpaired) electrons. The fourth-order valence-electron chi connectivity index (χ4n) is 10.8. The van der Waals surface area contributed by atoms with Crippen LogP contribution >= 0.6 is 0 Å². The first-order valence-electron chi connectivity index (χ1n) is 26.8. The molecule has 0 amide bonds. The SMILES string of the molecule is CC(C)(C)c1ccnc(-n2c3[c-]c(Oc4[c-]c(N5[CH-]N(c6cc(C(C)(C)c7ccccc7)cc(C(C)(C)c7ccccc7)c6)c6cc(C(C)(C)C)c(C(C)(C)C)cc65)ccc4)ccc3c3cc(C(C)(C)C)ccc32)c1.[CH3-].[Pt+4]. The first kappa shape index (κ1) is 56.8. The van der Waals surface area contributed by atoms with Crippen molar-refractivity contribution >= 4 is 44.6 Å². The number of anilines is 4. The predicted molar refractivity (Wildman–Crippen MR) is 323 cm³/mol. The molecule has 0 bridgehead atoms. The Balaban J connectivity index is 0.00000392. The van der Waals surface area contributed by atoms with Crippen molar-refractivity contribution in [2.24, 2.45) is 0 Å². The fraction of sp³-hybridized carbons (Fsp3) is 0.310. The van der Waals surface area contributed by atoms with E-state index in [9.17, 15) is 0 Å². The smallest absolute Gasteiger partial charge is 0.509 e. The Morgan fingerprint density at radius 2 is 0.974 bits per heavy atom. The zero-order valence-corrected chi connectivity index (χ0v) is 50.9. The third-order valence-electron chi connectivity index (χ3n) is 15.7. The summed E-state index contributed by atoms with van der Waals surface area (Å²) in [4.78, 5) is 9.67. The number of fused-ring (bicyclic) bond motifs is 4. The minimum Gasteiger partial charge on any atom is -0.509 e. The Morgan fingerprint density at radius 3 is 1.52 bits per heavy atom. The van der Waals surface area contributed by atoms with Crippen molar-refractivity contribution < 1.29 is 25.8 Å². The molecule has 0 aliphatic carbocycles. The van der Waals surface area contributed by atoms with Crippen LogP contribution in [0, 0.1) is 26.2 Å². The van der Waals surface area contributed by atoms with E-state index in [1.807, 2.05) is 18.3 Å². The van der Waals surface area contributed by atoms with Crippen LogP contribution in [0.2, 0.25) is 0 Å². The predicted octanol–water partition coefficient (Wildman–Crippen LogP) is 19.3. The molecule has 0 saturated heterocycles. The minimum atomic E-state index is -0.288. The van der Waals surface area contributed by atoms with E-state index in [0.29, 0.717) is 11.5 Å². The van der Waals surface area contributed by atoms with Crippen LogP contribution in [-0.4, -0.2) is 9.55 Å². The topological polar surface area (TPSA) is 33.5 Å². The number of hydrogen-bond donors (Lipinski definition) is 0. The van der Waals surface area contributed by atoms with Crippen molar-refractivity contribution in [2.45, 2.75) is 143 Å². The normalized spacial score (nSPS) is 13.4. The summed E-state index contributed by atoms with van der Waals surface area (Å²) in [6, 6.07) is 63.0. The van der Waals surface area contributed by atoms with Gasteiger partial charge in [0.25, 0.3) is 0 Å². The third-order valence-corrected chi connectivity index (χ3v) is 15.7. The minimum absolute atomic E-state index is 0. The summed E-state index contributed by atoms with van der Waals surface area (Å²) in [5.41, 5.74) is 15.5. The summed E-state index contributed by atoms with van der Waals surface area (Å²) in [7, 11) is 0. The zero-order chi connectivity index (χ0) is 53.6. The van der Waals surface area contributed by atoms with Crippen molar-refractivity contribution in [2.75, 3.05) is 9.80 Å². The van der Waals surface area contributed by atoms with Crippen molar-refractivity contribution in [1.29, 1.82) is 0 Å². The third kappa shape index (κ3) is 10.8. The van der Waals surface area contributed by atoms with Gasteiger partial charge in [0.2, 0.25) is 0 Å². The van der Waals surface area contributed by atoms with Gasteiger partial charge >= 0.3 is 21.1 Å². The zero-order valence-electron chi connectivity index (χ0n) is 48.6. The number of ether oxygens (including phenoxy) is 1. The van der Waals surface area contributed by atoms with Crippen molar-refractivity contribution in [3.63, 3.8) is 0 Å². The molecular weight excluding hydrogens is 1120 g/mol. The van der Waals surface area contributed by atoms with Crippen molar-refractivity contribution in [1.82, 2.24) is 9.55 Å². The summed E-state index contributed by atoms with van der Waals surface area (Å²) in [5.74, 6) is 2.06. The largest absolute Gasteiger partial charge is 4.00 e. The molecule has 5 nitrogen and oxygen atoms in total. The molecule has 77 heavy (non-hydrogen) atoms. The Kier molecular flexibility index (Phi) is 15.1.